The van der Waals surface area contributed by atoms with E-state index in [0.29, 0.717) is 17.9 Å². The number of hydrogen-bond donors (Lipinski definition) is 0. The predicted octanol–water partition coefficient (Wildman–Crippen LogP) is 9.49. The monoisotopic (exact) mass is 530 g/mol. The predicted molar refractivity (Wildman–Crippen MR) is 132 cm³/mol. The molecule has 0 bridgehead atoms. The van der Waals surface area contributed by atoms with Crippen LogP contribution in [-0.4, -0.2) is 6.43 Å². The molecule has 196 valence electrons. The number of hydrogen-bond acceptors (Lipinski definition) is 1. The molecule has 0 fully saturated rings. The third-order valence-corrected chi connectivity index (χ3v) is 5.85. The molecule has 0 unspecified atom stereocenters. The van der Waals surface area contributed by atoms with Crippen molar-refractivity contribution in [2.24, 2.45) is 0 Å². The Balaban J connectivity index is 1.61. The van der Waals surface area contributed by atoms with Crippen molar-refractivity contribution in [2.45, 2.75) is 26.2 Å². The van der Waals surface area contributed by atoms with Gasteiger partial charge in [0.05, 0.1) is 6.26 Å². The first kappa shape index (κ1) is 27.0. The SMILES string of the molecule is CCCc1ccc(-c2ccc(-c3ccc(-c4cc(F)c(OC=CC(F)F)c(F)c4)c(F)c3)c(F)c2)c(F)c1. The van der Waals surface area contributed by atoms with E-state index in [1.165, 1.54) is 30.3 Å². The molecular formula is C30H21F7O. The van der Waals surface area contributed by atoms with Gasteiger partial charge in [-0.2, -0.15) is 0 Å². The smallest absolute Gasteiger partial charge is 0.260 e. The van der Waals surface area contributed by atoms with Crippen LogP contribution < -0.4 is 4.74 Å². The minimum Gasteiger partial charge on any atom is -0.459 e. The lowest BCUT2D eigenvalue weighted by Gasteiger charge is -2.11. The molecule has 0 radical (unpaired) electrons. The Morgan fingerprint density at radius 1 is 0.632 bits per heavy atom. The molecular weight excluding hydrogens is 509 g/mol. The molecule has 0 saturated carbocycles. The Hall–Kier alpha value is -4.07. The fraction of sp³-hybridized carbons (Fsp3) is 0.133. The van der Waals surface area contributed by atoms with E-state index in [1.54, 1.807) is 12.1 Å². The van der Waals surface area contributed by atoms with Crippen LogP contribution in [-0.2, 0) is 6.42 Å². The van der Waals surface area contributed by atoms with E-state index in [-0.39, 0.29) is 27.8 Å². The summed E-state index contributed by atoms with van der Waals surface area (Å²) in [5.41, 5.74) is 1.26. The number of rotatable bonds is 8. The highest BCUT2D eigenvalue weighted by Crippen LogP contribution is 2.34. The van der Waals surface area contributed by atoms with Crippen LogP contribution in [0, 0.1) is 29.1 Å². The van der Waals surface area contributed by atoms with E-state index >= 15 is 0 Å². The second-order valence-corrected chi connectivity index (χ2v) is 8.50. The topological polar surface area (TPSA) is 9.23 Å². The first-order valence-electron chi connectivity index (χ1n) is 11.7. The Bertz CT molecular complexity index is 1470. The molecule has 0 amide bonds. The van der Waals surface area contributed by atoms with Gasteiger partial charge in [0.2, 0.25) is 0 Å². The molecule has 0 heterocycles. The van der Waals surface area contributed by atoms with Crippen LogP contribution in [0.15, 0.2) is 79.1 Å². The summed E-state index contributed by atoms with van der Waals surface area (Å²) in [6, 6.07) is 14.1. The maximum absolute atomic E-state index is 15.0. The maximum atomic E-state index is 15.0. The van der Waals surface area contributed by atoms with Crippen LogP contribution in [0.3, 0.4) is 0 Å². The van der Waals surface area contributed by atoms with Crippen molar-refractivity contribution >= 4 is 0 Å². The van der Waals surface area contributed by atoms with Gasteiger partial charge in [-0.3, -0.25) is 0 Å². The number of allylic oxidation sites excluding steroid dienone is 1. The summed E-state index contributed by atoms with van der Waals surface area (Å²) in [5.74, 6) is -5.42. The van der Waals surface area contributed by atoms with Crippen molar-refractivity contribution in [3.05, 3.63) is 114 Å². The van der Waals surface area contributed by atoms with Gasteiger partial charge in [0, 0.05) is 22.8 Å². The lowest BCUT2D eigenvalue weighted by Crippen LogP contribution is -1.96. The summed E-state index contributed by atoms with van der Waals surface area (Å²) < 4.78 is 102. The molecule has 4 aromatic rings. The van der Waals surface area contributed by atoms with Crippen molar-refractivity contribution in [3.63, 3.8) is 0 Å². The van der Waals surface area contributed by atoms with Gasteiger partial charge in [0.1, 0.15) is 17.5 Å². The van der Waals surface area contributed by atoms with Crippen LogP contribution >= 0.6 is 0 Å². The average Bonchev–Trinajstić information content (AvgIpc) is 2.85. The summed E-state index contributed by atoms with van der Waals surface area (Å²) in [5, 5.41) is 0. The fourth-order valence-electron chi connectivity index (χ4n) is 4.07. The summed E-state index contributed by atoms with van der Waals surface area (Å²) in [4.78, 5) is 0. The molecule has 0 aliphatic carbocycles. The minimum absolute atomic E-state index is 0.0501. The minimum atomic E-state index is -2.87. The zero-order valence-corrected chi connectivity index (χ0v) is 20.1. The summed E-state index contributed by atoms with van der Waals surface area (Å²) in [6.45, 7) is 1.98. The summed E-state index contributed by atoms with van der Waals surface area (Å²) in [6.07, 6.45) is -0.523. The van der Waals surface area contributed by atoms with Crippen molar-refractivity contribution in [3.8, 4) is 39.1 Å². The molecule has 4 rings (SSSR count). The average molecular weight is 530 g/mol. The van der Waals surface area contributed by atoms with Gasteiger partial charge < -0.3 is 4.74 Å². The standard InChI is InChI=1S/C30H21F7O/c1-2-3-17-4-7-21(24(31)12-17)18-5-8-22(25(32)13-18)19-6-9-23(26(33)14-19)20-15-27(34)30(28(35)16-20)38-11-10-29(36)37/h4-16,29H,2-3H2,1H3. The normalized spacial score (nSPS) is 11.5. The Kier molecular flexibility index (Phi) is 8.20. The molecule has 0 aliphatic heterocycles. The van der Waals surface area contributed by atoms with Gasteiger partial charge in [-0.05, 0) is 59.0 Å². The molecule has 38 heavy (non-hydrogen) atoms. The van der Waals surface area contributed by atoms with Crippen LogP contribution in [0.1, 0.15) is 18.9 Å². The van der Waals surface area contributed by atoms with E-state index in [2.05, 4.69) is 4.74 Å². The Morgan fingerprint density at radius 2 is 1.11 bits per heavy atom. The largest absolute Gasteiger partial charge is 0.459 e. The maximum Gasteiger partial charge on any atom is 0.260 e. The molecule has 0 saturated heterocycles. The molecule has 0 atom stereocenters. The van der Waals surface area contributed by atoms with E-state index in [0.717, 1.165) is 42.7 Å². The highest BCUT2D eigenvalue weighted by atomic mass is 19.3. The van der Waals surface area contributed by atoms with Gasteiger partial charge in [-0.1, -0.05) is 49.7 Å². The van der Waals surface area contributed by atoms with Gasteiger partial charge in [0.15, 0.2) is 17.4 Å². The molecule has 8 heteroatoms. The van der Waals surface area contributed by atoms with E-state index in [4.69, 9.17) is 0 Å². The lowest BCUT2D eigenvalue weighted by atomic mass is 9.96. The van der Waals surface area contributed by atoms with Crippen LogP contribution in [0.2, 0.25) is 0 Å². The van der Waals surface area contributed by atoms with E-state index in [9.17, 15) is 30.7 Å². The molecule has 0 aromatic heterocycles. The fourth-order valence-corrected chi connectivity index (χ4v) is 4.07. The lowest BCUT2D eigenvalue weighted by molar-refractivity contribution is 0.200. The first-order valence-corrected chi connectivity index (χ1v) is 11.7. The number of halogens is 7. The van der Waals surface area contributed by atoms with Crippen molar-refractivity contribution in [1.82, 2.24) is 0 Å². The third kappa shape index (κ3) is 5.90. The van der Waals surface area contributed by atoms with Gasteiger partial charge in [-0.25, -0.2) is 30.7 Å². The summed E-state index contributed by atoms with van der Waals surface area (Å²) in [7, 11) is 0. The second-order valence-electron chi connectivity index (χ2n) is 8.50. The number of benzene rings is 4. The van der Waals surface area contributed by atoms with Crippen LogP contribution in [0.4, 0.5) is 30.7 Å². The van der Waals surface area contributed by atoms with Crippen LogP contribution in [0.5, 0.6) is 5.75 Å². The number of ether oxygens (including phenoxy) is 1. The highest BCUT2D eigenvalue weighted by molar-refractivity contribution is 5.74. The number of aryl methyl sites for hydroxylation is 1. The highest BCUT2D eigenvalue weighted by Gasteiger charge is 2.17. The van der Waals surface area contributed by atoms with Gasteiger partial charge >= 0.3 is 0 Å². The third-order valence-electron chi connectivity index (χ3n) is 5.85. The van der Waals surface area contributed by atoms with Gasteiger partial charge in [-0.15, -0.1) is 0 Å². The molecule has 4 aromatic carbocycles. The van der Waals surface area contributed by atoms with Crippen molar-refractivity contribution < 1.29 is 35.5 Å². The van der Waals surface area contributed by atoms with E-state index < -0.39 is 41.3 Å². The number of alkyl halides is 2. The zero-order valence-electron chi connectivity index (χ0n) is 20.1. The molecule has 0 spiro atoms. The Morgan fingerprint density at radius 3 is 1.58 bits per heavy atom. The van der Waals surface area contributed by atoms with Crippen molar-refractivity contribution in [1.29, 1.82) is 0 Å². The van der Waals surface area contributed by atoms with Crippen molar-refractivity contribution in [2.75, 3.05) is 0 Å². The molecule has 0 aliphatic rings. The Labute approximate surface area is 214 Å². The molecule has 1 nitrogen and oxygen atoms in total. The molecule has 0 N–H and O–H groups in total. The van der Waals surface area contributed by atoms with Crippen LogP contribution in [0.25, 0.3) is 33.4 Å². The first-order chi connectivity index (χ1) is 18.2. The zero-order chi connectivity index (χ0) is 27.4. The summed E-state index contributed by atoms with van der Waals surface area (Å²) >= 11 is 0. The van der Waals surface area contributed by atoms with Gasteiger partial charge in [0.25, 0.3) is 6.43 Å². The quantitative estimate of drug-likeness (QED) is 0.163. The van der Waals surface area contributed by atoms with E-state index in [1.807, 2.05) is 6.92 Å². The second kappa shape index (κ2) is 11.5.